The number of ether oxygens (including phenoxy) is 1. The third kappa shape index (κ3) is 3.83. The third-order valence-electron chi connectivity index (χ3n) is 6.86. The minimum absolute atomic E-state index is 0.110. The van der Waals surface area contributed by atoms with Gasteiger partial charge in [0.25, 0.3) is 5.91 Å². The van der Waals surface area contributed by atoms with E-state index in [0.29, 0.717) is 23.6 Å². The van der Waals surface area contributed by atoms with E-state index in [2.05, 4.69) is 43.5 Å². The smallest absolute Gasteiger partial charge is 0.254 e. The molecule has 1 aromatic carbocycles. The first kappa shape index (κ1) is 21.4. The minimum Gasteiger partial charge on any atom is -0.497 e. The molecule has 2 aliphatic rings. The average Bonchev–Trinajstić information content (AvgIpc) is 3.49. The summed E-state index contributed by atoms with van der Waals surface area (Å²) in [5, 5.41) is 7.30. The summed E-state index contributed by atoms with van der Waals surface area (Å²) in [5.41, 5.74) is 5.96. The summed E-state index contributed by atoms with van der Waals surface area (Å²) in [4.78, 5) is 30.1. The first-order valence-corrected chi connectivity index (χ1v) is 11.7. The molecule has 0 unspecified atom stereocenters. The van der Waals surface area contributed by atoms with E-state index in [9.17, 15) is 4.79 Å². The molecular formula is C26H27N7O2. The molecular weight excluding hydrogens is 442 g/mol. The van der Waals surface area contributed by atoms with E-state index in [1.54, 1.807) is 13.3 Å². The number of anilines is 3. The Morgan fingerprint density at radius 3 is 2.69 bits per heavy atom. The predicted molar refractivity (Wildman–Crippen MR) is 136 cm³/mol. The van der Waals surface area contributed by atoms with Crippen LogP contribution in [0.3, 0.4) is 0 Å². The highest BCUT2D eigenvalue weighted by Crippen LogP contribution is 2.37. The van der Waals surface area contributed by atoms with Gasteiger partial charge in [-0.25, -0.2) is 4.98 Å². The van der Waals surface area contributed by atoms with E-state index < -0.39 is 0 Å². The molecule has 9 heteroatoms. The molecule has 2 aliphatic heterocycles. The number of nitrogens with one attached hydrogen (secondary N) is 3. The Labute approximate surface area is 203 Å². The van der Waals surface area contributed by atoms with Crippen LogP contribution in [0.15, 0.2) is 48.9 Å². The van der Waals surface area contributed by atoms with Gasteiger partial charge in [-0.15, -0.1) is 0 Å². The molecule has 9 nitrogen and oxygen atoms in total. The molecule has 6 rings (SSSR count). The zero-order chi connectivity index (χ0) is 23.9. The topological polar surface area (TPSA) is 98.4 Å². The van der Waals surface area contributed by atoms with Gasteiger partial charge in [-0.1, -0.05) is 0 Å². The average molecular weight is 470 g/mol. The van der Waals surface area contributed by atoms with Crippen molar-refractivity contribution in [2.24, 2.45) is 0 Å². The minimum atomic E-state index is -0.110. The molecule has 0 bridgehead atoms. The molecule has 0 atom stereocenters. The fraction of sp³-hybridized carbons (Fsp3) is 0.269. The number of aromatic amines is 1. The second kappa shape index (κ2) is 8.59. The summed E-state index contributed by atoms with van der Waals surface area (Å²) in [6.07, 6.45) is 5.54. The second-order valence-electron chi connectivity index (χ2n) is 8.99. The molecule has 0 saturated carbocycles. The fourth-order valence-corrected chi connectivity index (χ4v) is 4.85. The van der Waals surface area contributed by atoms with Crippen molar-refractivity contribution in [1.82, 2.24) is 25.2 Å². The quantitative estimate of drug-likeness (QED) is 0.412. The van der Waals surface area contributed by atoms with Crippen LogP contribution in [0.4, 0.5) is 17.2 Å². The number of pyridine rings is 2. The predicted octanol–water partition coefficient (Wildman–Crippen LogP) is 3.37. The Kier molecular flexibility index (Phi) is 5.26. The van der Waals surface area contributed by atoms with Crippen LogP contribution >= 0.6 is 0 Å². The maximum Gasteiger partial charge on any atom is 0.254 e. The number of rotatable bonds is 5. The number of hydrogen-bond donors (Lipinski definition) is 3. The van der Waals surface area contributed by atoms with Gasteiger partial charge >= 0.3 is 0 Å². The molecule has 4 aromatic rings. The molecule has 1 amide bonds. The number of piperazine rings is 1. The number of hydrogen-bond acceptors (Lipinski definition) is 7. The number of amides is 1. The summed E-state index contributed by atoms with van der Waals surface area (Å²) in [7, 11) is 3.80. The highest BCUT2D eigenvalue weighted by atomic mass is 16.5. The van der Waals surface area contributed by atoms with Crippen LogP contribution in [0, 0.1) is 0 Å². The number of benzene rings is 1. The first-order chi connectivity index (χ1) is 17.1. The van der Waals surface area contributed by atoms with Gasteiger partial charge in [-0.3, -0.25) is 9.78 Å². The first-order valence-electron chi connectivity index (χ1n) is 11.7. The van der Waals surface area contributed by atoms with Crippen LogP contribution in [0.1, 0.15) is 15.9 Å². The van der Waals surface area contributed by atoms with Gasteiger partial charge in [0.2, 0.25) is 0 Å². The zero-order valence-electron chi connectivity index (χ0n) is 19.8. The molecule has 3 N–H and O–H groups in total. The van der Waals surface area contributed by atoms with Crippen LogP contribution < -0.4 is 20.3 Å². The molecule has 1 saturated heterocycles. The largest absolute Gasteiger partial charge is 0.497 e. The van der Waals surface area contributed by atoms with Gasteiger partial charge in [0.05, 0.1) is 42.1 Å². The van der Waals surface area contributed by atoms with Gasteiger partial charge in [0.1, 0.15) is 11.6 Å². The van der Waals surface area contributed by atoms with Crippen LogP contribution in [0.5, 0.6) is 5.75 Å². The lowest BCUT2D eigenvalue weighted by Gasteiger charge is -2.33. The lowest BCUT2D eigenvalue weighted by molar-refractivity contribution is 0.0966. The molecule has 0 radical (unpaired) electrons. The Morgan fingerprint density at radius 1 is 1.06 bits per heavy atom. The number of carbonyl (C=O) groups is 1. The van der Waals surface area contributed by atoms with E-state index in [-0.39, 0.29) is 5.91 Å². The standard InChI is InChI=1S/C26H27N7O2/c1-32-7-9-33(10-8-32)16-3-6-23(28-12-16)31-22-15-29-25(20-14-30-26(34)24(20)22)19-13-27-21-11-17(35-2)4-5-18(19)21/h3-6,11-13,15,27H,7-10,14H2,1-2H3,(H,28,31)(H,30,34). The molecule has 35 heavy (non-hydrogen) atoms. The number of aromatic nitrogens is 3. The molecule has 0 aliphatic carbocycles. The van der Waals surface area contributed by atoms with Gasteiger partial charge in [0, 0.05) is 67.0 Å². The fourth-order valence-electron chi connectivity index (χ4n) is 4.85. The SMILES string of the molecule is COc1ccc2c(-c3ncc(Nc4ccc(N5CCN(C)CC5)cn4)c4c3CNC4=O)c[nH]c2c1. The molecule has 3 aromatic heterocycles. The summed E-state index contributed by atoms with van der Waals surface area (Å²) >= 11 is 0. The Bertz CT molecular complexity index is 1410. The van der Waals surface area contributed by atoms with Crippen LogP contribution in [-0.2, 0) is 6.54 Å². The lowest BCUT2D eigenvalue weighted by Crippen LogP contribution is -2.44. The van der Waals surface area contributed by atoms with Gasteiger partial charge in [-0.2, -0.15) is 0 Å². The van der Waals surface area contributed by atoms with Gasteiger partial charge in [0.15, 0.2) is 0 Å². The number of carbonyl (C=O) groups excluding carboxylic acids is 1. The van der Waals surface area contributed by atoms with Crippen molar-refractivity contribution in [2.75, 3.05) is 50.6 Å². The van der Waals surface area contributed by atoms with Crippen molar-refractivity contribution in [3.05, 3.63) is 60.0 Å². The molecule has 1 fully saturated rings. The second-order valence-corrected chi connectivity index (χ2v) is 8.99. The van der Waals surface area contributed by atoms with Crippen LogP contribution in [0.25, 0.3) is 22.2 Å². The van der Waals surface area contributed by atoms with Crippen molar-refractivity contribution in [2.45, 2.75) is 6.54 Å². The maximum atomic E-state index is 12.8. The van der Waals surface area contributed by atoms with E-state index >= 15 is 0 Å². The number of H-pyrrole nitrogens is 1. The number of fused-ring (bicyclic) bond motifs is 2. The number of likely N-dealkylation sites (N-methyl/N-ethyl adjacent to an activating group) is 1. The van der Waals surface area contributed by atoms with Crippen LogP contribution in [0.2, 0.25) is 0 Å². The maximum absolute atomic E-state index is 12.8. The zero-order valence-corrected chi connectivity index (χ0v) is 19.8. The molecule has 0 spiro atoms. The highest BCUT2D eigenvalue weighted by molar-refractivity contribution is 6.07. The Hall–Kier alpha value is -4.11. The van der Waals surface area contributed by atoms with Crippen molar-refractivity contribution >= 4 is 34.0 Å². The van der Waals surface area contributed by atoms with Crippen molar-refractivity contribution in [3.63, 3.8) is 0 Å². The molecule has 5 heterocycles. The Balaban J connectivity index is 1.30. The third-order valence-corrected chi connectivity index (χ3v) is 6.86. The van der Waals surface area contributed by atoms with E-state index in [1.807, 2.05) is 36.7 Å². The number of nitrogens with zero attached hydrogens (tertiary/aromatic N) is 4. The lowest BCUT2D eigenvalue weighted by atomic mass is 10.0. The Morgan fingerprint density at radius 2 is 1.91 bits per heavy atom. The van der Waals surface area contributed by atoms with E-state index in [1.165, 1.54) is 0 Å². The monoisotopic (exact) mass is 469 g/mol. The summed E-state index contributed by atoms with van der Waals surface area (Å²) < 4.78 is 5.33. The highest BCUT2D eigenvalue weighted by Gasteiger charge is 2.28. The van der Waals surface area contributed by atoms with Crippen molar-refractivity contribution in [3.8, 4) is 17.0 Å². The molecule has 178 valence electrons. The summed E-state index contributed by atoms with van der Waals surface area (Å²) in [6.45, 7) is 4.51. The van der Waals surface area contributed by atoms with Gasteiger partial charge < -0.3 is 30.2 Å². The van der Waals surface area contributed by atoms with Gasteiger partial charge in [-0.05, 0) is 31.3 Å². The van der Waals surface area contributed by atoms with Crippen molar-refractivity contribution in [1.29, 1.82) is 0 Å². The summed E-state index contributed by atoms with van der Waals surface area (Å²) in [5.74, 6) is 1.35. The number of methoxy groups -OCH3 is 1. The van der Waals surface area contributed by atoms with Crippen molar-refractivity contribution < 1.29 is 9.53 Å². The van der Waals surface area contributed by atoms with E-state index in [0.717, 1.165) is 65.3 Å². The van der Waals surface area contributed by atoms with E-state index in [4.69, 9.17) is 9.72 Å². The van der Waals surface area contributed by atoms with Crippen LogP contribution in [-0.4, -0.2) is 66.1 Å². The summed E-state index contributed by atoms with van der Waals surface area (Å²) in [6, 6.07) is 9.92. The normalized spacial score (nSPS) is 15.8.